The molecular weight excluding hydrogens is 411 g/mol. The van der Waals surface area contributed by atoms with E-state index in [2.05, 4.69) is 0 Å². The van der Waals surface area contributed by atoms with Crippen LogP contribution in [0.15, 0.2) is 62.4 Å². The van der Waals surface area contributed by atoms with Crippen LogP contribution in [0.1, 0.15) is 12.0 Å². The molecule has 0 amide bonds. The number of benzene rings is 2. The van der Waals surface area contributed by atoms with Crippen molar-refractivity contribution in [2.24, 2.45) is 0 Å². The summed E-state index contributed by atoms with van der Waals surface area (Å²) in [4.78, 5) is 14.0. The van der Waals surface area contributed by atoms with Crippen LogP contribution in [0.25, 0.3) is 33.1 Å². The fraction of sp³-hybridized carbons (Fsp3) is 0.261. The molecule has 0 spiro atoms. The zero-order chi connectivity index (χ0) is 22.2. The van der Waals surface area contributed by atoms with Crippen molar-refractivity contribution < 1.29 is 26.7 Å². The van der Waals surface area contributed by atoms with Crippen LogP contribution in [-0.2, 0) is 6.18 Å². The minimum atomic E-state index is -4.56. The van der Waals surface area contributed by atoms with E-state index in [1.165, 1.54) is 36.6 Å². The van der Waals surface area contributed by atoms with Crippen LogP contribution >= 0.6 is 0 Å². The highest BCUT2D eigenvalue weighted by atomic mass is 19.4. The Labute approximate surface area is 175 Å². The summed E-state index contributed by atoms with van der Waals surface area (Å²) in [6, 6.07) is 9.53. The first kappa shape index (κ1) is 21.0. The second kappa shape index (κ2) is 8.11. The molecule has 0 saturated carbocycles. The number of alkyl halides is 3. The van der Waals surface area contributed by atoms with E-state index in [0.717, 1.165) is 12.6 Å². The highest BCUT2D eigenvalue weighted by Crippen LogP contribution is 2.46. The van der Waals surface area contributed by atoms with Gasteiger partial charge in [0.05, 0.1) is 18.4 Å². The van der Waals surface area contributed by atoms with Gasteiger partial charge in [0.1, 0.15) is 0 Å². The Bertz CT molecular complexity index is 1290. The third kappa shape index (κ3) is 4.03. The molecule has 0 N–H and O–H groups in total. The van der Waals surface area contributed by atoms with Gasteiger partial charge in [-0.1, -0.05) is 18.2 Å². The minimum absolute atomic E-state index is 0.0283. The quantitative estimate of drug-likeness (QED) is 0.296. The van der Waals surface area contributed by atoms with Crippen LogP contribution in [-0.4, -0.2) is 32.1 Å². The Kier molecular flexibility index (Phi) is 5.49. The number of hydrogen-bond donors (Lipinski definition) is 0. The van der Waals surface area contributed by atoms with Crippen LogP contribution in [0, 0.1) is 0 Å². The topological polar surface area (TPSA) is 55.8 Å². The summed E-state index contributed by atoms with van der Waals surface area (Å²) in [6.07, 6.45) is -2.48. The van der Waals surface area contributed by atoms with E-state index in [1.54, 1.807) is 6.07 Å². The molecule has 4 rings (SSSR count). The summed E-state index contributed by atoms with van der Waals surface area (Å²) < 4.78 is 58.1. The van der Waals surface area contributed by atoms with Crippen molar-refractivity contribution in [3.05, 3.63) is 64.7 Å². The Balaban J connectivity index is 1.98. The molecule has 5 nitrogen and oxygen atoms in total. The van der Waals surface area contributed by atoms with Crippen molar-refractivity contribution in [3.63, 3.8) is 0 Å². The molecule has 0 radical (unpaired) electrons. The molecule has 0 fully saturated rings. The summed E-state index contributed by atoms with van der Waals surface area (Å²) in [5.41, 5.74) is -0.878. The molecule has 0 aliphatic heterocycles. The SMILES string of the molecule is CN(C)CCCOc1c2occc2c(-c2ccccc2C(F)(F)F)c2ccc(=O)oc12. The highest BCUT2D eigenvalue weighted by Gasteiger charge is 2.35. The standard InChI is InChI=1S/C23H20F3NO4/c1-27(2)11-5-12-29-22-20-16(10-13-30-20)19(15-8-9-18(28)31-21(15)22)14-6-3-4-7-17(14)23(24,25)26/h3-4,6-10,13H,5,11-12H2,1-2H3. The van der Waals surface area contributed by atoms with E-state index in [4.69, 9.17) is 13.6 Å². The third-order valence-corrected chi connectivity index (χ3v) is 4.95. The molecule has 0 aliphatic carbocycles. The summed E-state index contributed by atoms with van der Waals surface area (Å²) in [5.74, 6) is 0.208. The lowest BCUT2D eigenvalue weighted by atomic mass is 9.93. The first-order valence-electron chi connectivity index (χ1n) is 9.68. The maximum atomic E-state index is 13.7. The molecule has 8 heteroatoms. The van der Waals surface area contributed by atoms with E-state index in [1.807, 2.05) is 19.0 Å². The molecule has 0 unspecified atom stereocenters. The Morgan fingerprint density at radius 2 is 1.74 bits per heavy atom. The molecule has 0 bridgehead atoms. The molecule has 4 aromatic rings. The molecular formula is C23H20F3NO4. The van der Waals surface area contributed by atoms with E-state index < -0.39 is 17.4 Å². The van der Waals surface area contributed by atoms with Crippen molar-refractivity contribution in [1.29, 1.82) is 0 Å². The largest absolute Gasteiger partial charge is 0.486 e. The predicted octanol–water partition coefficient (Wildman–Crippen LogP) is 5.56. The number of furan rings is 1. The van der Waals surface area contributed by atoms with Gasteiger partial charge < -0.3 is 18.5 Å². The van der Waals surface area contributed by atoms with Crippen molar-refractivity contribution in [3.8, 4) is 16.9 Å². The number of halogens is 3. The lowest BCUT2D eigenvalue weighted by Gasteiger charge is -2.17. The first-order chi connectivity index (χ1) is 14.8. The summed E-state index contributed by atoms with van der Waals surface area (Å²) in [6.45, 7) is 1.10. The fourth-order valence-corrected chi connectivity index (χ4v) is 3.64. The fourth-order valence-electron chi connectivity index (χ4n) is 3.64. The zero-order valence-corrected chi connectivity index (χ0v) is 17.0. The Morgan fingerprint density at radius 3 is 2.48 bits per heavy atom. The number of fused-ring (bicyclic) bond motifs is 2. The predicted molar refractivity (Wildman–Crippen MR) is 111 cm³/mol. The lowest BCUT2D eigenvalue weighted by molar-refractivity contribution is -0.137. The molecule has 2 aromatic carbocycles. The van der Waals surface area contributed by atoms with Gasteiger partial charge in [0.25, 0.3) is 0 Å². The average Bonchev–Trinajstić information content (AvgIpc) is 3.19. The van der Waals surface area contributed by atoms with Crippen molar-refractivity contribution >= 4 is 21.9 Å². The van der Waals surface area contributed by atoms with Crippen LogP contribution in [0.5, 0.6) is 5.75 Å². The van der Waals surface area contributed by atoms with Crippen LogP contribution in [0.3, 0.4) is 0 Å². The molecule has 2 heterocycles. The zero-order valence-electron chi connectivity index (χ0n) is 17.0. The van der Waals surface area contributed by atoms with E-state index in [0.29, 0.717) is 23.8 Å². The van der Waals surface area contributed by atoms with Crippen LogP contribution in [0.4, 0.5) is 13.2 Å². The molecule has 162 valence electrons. The minimum Gasteiger partial charge on any atom is -0.486 e. The molecule has 0 aliphatic rings. The Morgan fingerprint density at radius 1 is 1.00 bits per heavy atom. The van der Waals surface area contributed by atoms with E-state index >= 15 is 0 Å². The smallest absolute Gasteiger partial charge is 0.417 e. The van der Waals surface area contributed by atoms with Gasteiger partial charge in [0.2, 0.25) is 5.75 Å². The van der Waals surface area contributed by atoms with Gasteiger partial charge in [-0.05, 0) is 44.3 Å². The highest BCUT2D eigenvalue weighted by molar-refractivity contribution is 6.14. The number of rotatable bonds is 6. The average molecular weight is 431 g/mol. The number of nitrogens with zero attached hydrogens (tertiary/aromatic N) is 1. The second-order valence-electron chi connectivity index (χ2n) is 7.41. The normalized spacial score (nSPS) is 12.2. The van der Waals surface area contributed by atoms with E-state index in [9.17, 15) is 18.0 Å². The first-order valence-corrected chi connectivity index (χ1v) is 9.68. The third-order valence-electron chi connectivity index (χ3n) is 4.95. The van der Waals surface area contributed by atoms with Gasteiger partial charge in [0.15, 0.2) is 11.2 Å². The molecule has 0 atom stereocenters. The van der Waals surface area contributed by atoms with Gasteiger partial charge >= 0.3 is 11.8 Å². The van der Waals surface area contributed by atoms with Gasteiger partial charge in [-0.25, -0.2) is 4.79 Å². The van der Waals surface area contributed by atoms with Crippen LogP contribution < -0.4 is 10.4 Å². The van der Waals surface area contributed by atoms with Gasteiger partial charge in [-0.2, -0.15) is 13.2 Å². The lowest BCUT2D eigenvalue weighted by Crippen LogP contribution is -2.15. The molecule has 0 saturated heterocycles. The number of ether oxygens (including phenoxy) is 1. The van der Waals surface area contributed by atoms with Crippen molar-refractivity contribution in [2.75, 3.05) is 27.2 Å². The summed E-state index contributed by atoms with van der Waals surface area (Å²) >= 11 is 0. The second-order valence-corrected chi connectivity index (χ2v) is 7.41. The number of hydrogen-bond acceptors (Lipinski definition) is 5. The summed E-state index contributed by atoms with van der Waals surface area (Å²) in [5, 5.41) is 0.786. The van der Waals surface area contributed by atoms with Crippen molar-refractivity contribution in [2.45, 2.75) is 12.6 Å². The van der Waals surface area contributed by atoms with Gasteiger partial charge in [-0.15, -0.1) is 0 Å². The van der Waals surface area contributed by atoms with Gasteiger partial charge in [-0.3, -0.25) is 0 Å². The Hall–Kier alpha value is -3.26. The van der Waals surface area contributed by atoms with Crippen LogP contribution in [0.2, 0.25) is 0 Å². The van der Waals surface area contributed by atoms with Gasteiger partial charge in [0, 0.05) is 28.9 Å². The maximum absolute atomic E-state index is 13.7. The molecule has 2 aromatic heterocycles. The monoisotopic (exact) mass is 431 g/mol. The van der Waals surface area contributed by atoms with E-state index in [-0.39, 0.29) is 28.0 Å². The van der Waals surface area contributed by atoms with Crippen molar-refractivity contribution in [1.82, 2.24) is 4.90 Å². The summed E-state index contributed by atoms with van der Waals surface area (Å²) in [7, 11) is 3.87. The maximum Gasteiger partial charge on any atom is 0.417 e. The molecule has 31 heavy (non-hydrogen) atoms.